The van der Waals surface area contributed by atoms with Gasteiger partial charge in [0, 0.05) is 11.3 Å². The van der Waals surface area contributed by atoms with Crippen molar-refractivity contribution in [3.05, 3.63) is 10.4 Å². The molecule has 0 amide bonds. The van der Waals surface area contributed by atoms with E-state index in [0.29, 0.717) is 23.9 Å². The highest BCUT2D eigenvalue weighted by molar-refractivity contribution is 7.10. The zero-order valence-corrected chi connectivity index (χ0v) is 8.09. The maximum Gasteiger partial charge on any atom is 0.134 e. The van der Waals surface area contributed by atoms with Gasteiger partial charge in [0.1, 0.15) is 10.8 Å². The van der Waals surface area contributed by atoms with Gasteiger partial charge in [0.05, 0.1) is 12.2 Å². The van der Waals surface area contributed by atoms with Crippen molar-refractivity contribution in [2.24, 2.45) is 0 Å². The van der Waals surface area contributed by atoms with E-state index in [1.807, 2.05) is 5.38 Å². The zero-order chi connectivity index (χ0) is 8.84. The van der Waals surface area contributed by atoms with Crippen molar-refractivity contribution < 1.29 is 4.74 Å². The van der Waals surface area contributed by atoms with Crippen LogP contribution in [-0.4, -0.2) is 17.2 Å². The number of nitrogens with two attached hydrogens (primary N) is 1. The Bertz CT molecular complexity index is 325. The second-order valence-corrected chi connectivity index (χ2v) is 4.72. The Hall–Kier alpha value is -0.610. The largest absolute Gasteiger partial charge is 0.383 e. The van der Waals surface area contributed by atoms with Crippen LogP contribution in [0.15, 0.2) is 5.38 Å². The lowest BCUT2D eigenvalue weighted by Gasteiger charge is -2.15. The van der Waals surface area contributed by atoms with Crippen LogP contribution in [0.25, 0.3) is 0 Å². The number of rotatable bonds is 1. The molecule has 2 fully saturated rings. The average Bonchev–Trinajstić information content (AvgIpc) is 2.77. The molecule has 0 saturated carbocycles. The molecule has 0 aromatic carbocycles. The van der Waals surface area contributed by atoms with Crippen LogP contribution >= 0.6 is 11.3 Å². The molecule has 2 aliphatic heterocycles. The van der Waals surface area contributed by atoms with E-state index >= 15 is 0 Å². The minimum atomic E-state index is 0.426. The molecule has 1 aromatic rings. The number of thiazole rings is 1. The fourth-order valence-electron chi connectivity index (χ4n) is 2.37. The maximum atomic E-state index is 5.77. The minimum absolute atomic E-state index is 0.426. The predicted molar refractivity (Wildman–Crippen MR) is 51.8 cm³/mol. The van der Waals surface area contributed by atoms with E-state index in [9.17, 15) is 0 Å². The number of nitrogen functional groups attached to an aromatic ring is 1. The van der Waals surface area contributed by atoms with E-state index in [4.69, 9.17) is 10.5 Å². The summed E-state index contributed by atoms with van der Waals surface area (Å²) in [6.45, 7) is 0. The Morgan fingerprint density at radius 1 is 1.54 bits per heavy atom. The summed E-state index contributed by atoms with van der Waals surface area (Å²) in [6.07, 6.45) is 4.52. The van der Waals surface area contributed by atoms with E-state index in [1.165, 1.54) is 17.8 Å². The molecule has 3 unspecified atom stereocenters. The molecular formula is C9H12N2OS. The monoisotopic (exact) mass is 196 g/mol. The summed E-state index contributed by atoms with van der Waals surface area (Å²) >= 11 is 1.67. The van der Waals surface area contributed by atoms with Gasteiger partial charge in [0.15, 0.2) is 0 Å². The van der Waals surface area contributed by atoms with Gasteiger partial charge in [0.2, 0.25) is 0 Å². The molecule has 4 heteroatoms. The second-order valence-electron chi connectivity index (χ2n) is 3.83. The van der Waals surface area contributed by atoms with Crippen LogP contribution in [0.1, 0.15) is 30.2 Å². The van der Waals surface area contributed by atoms with Gasteiger partial charge in [-0.25, -0.2) is 4.98 Å². The molecule has 2 bridgehead atoms. The van der Waals surface area contributed by atoms with Crippen LogP contribution in [0.2, 0.25) is 0 Å². The average molecular weight is 196 g/mol. The predicted octanol–water partition coefficient (Wildman–Crippen LogP) is 1.76. The molecule has 0 radical (unpaired) electrons. The summed E-state index contributed by atoms with van der Waals surface area (Å²) in [5.74, 6) is 1.18. The quantitative estimate of drug-likeness (QED) is 0.744. The van der Waals surface area contributed by atoms with Crippen LogP contribution in [0.3, 0.4) is 0 Å². The van der Waals surface area contributed by atoms with E-state index in [-0.39, 0.29) is 0 Å². The number of hydrogen-bond donors (Lipinski definition) is 1. The van der Waals surface area contributed by atoms with Crippen LogP contribution in [0.4, 0.5) is 5.82 Å². The summed E-state index contributed by atoms with van der Waals surface area (Å²) in [5, 5.41) is 3.09. The standard InChI is InChI=1S/C9H12N2OS/c10-8-4-13-9(11-8)6-3-5-1-2-7(6)12-5/h4-7H,1-3,10H2. The molecule has 2 aliphatic rings. The van der Waals surface area contributed by atoms with Crippen LogP contribution < -0.4 is 5.73 Å². The maximum absolute atomic E-state index is 5.77. The molecule has 3 nitrogen and oxygen atoms in total. The van der Waals surface area contributed by atoms with Crippen LogP contribution in [0, 0.1) is 0 Å². The summed E-state index contributed by atoms with van der Waals surface area (Å²) in [4.78, 5) is 4.33. The molecule has 0 spiro atoms. The number of anilines is 1. The molecule has 70 valence electrons. The number of nitrogens with zero attached hydrogens (tertiary/aromatic N) is 1. The molecule has 2 saturated heterocycles. The zero-order valence-electron chi connectivity index (χ0n) is 7.27. The number of aromatic nitrogens is 1. The number of fused-ring (bicyclic) bond motifs is 2. The minimum Gasteiger partial charge on any atom is -0.383 e. The highest BCUT2D eigenvalue weighted by Gasteiger charge is 2.42. The molecule has 0 aliphatic carbocycles. The molecule has 3 heterocycles. The van der Waals surface area contributed by atoms with E-state index in [1.54, 1.807) is 11.3 Å². The van der Waals surface area contributed by atoms with Crippen molar-refractivity contribution in [1.82, 2.24) is 4.98 Å². The van der Waals surface area contributed by atoms with Crippen LogP contribution in [0.5, 0.6) is 0 Å². The van der Waals surface area contributed by atoms with E-state index in [2.05, 4.69) is 4.98 Å². The Labute approximate surface area is 80.9 Å². The topological polar surface area (TPSA) is 48.1 Å². The Morgan fingerprint density at radius 3 is 3.00 bits per heavy atom. The first-order valence-electron chi connectivity index (χ1n) is 4.69. The van der Waals surface area contributed by atoms with Gasteiger partial charge >= 0.3 is 0 Å². The van der Waals surface area contributed by atoms with E-state index < -0.39 is 0 Å². The Kier molecular flexibility index (Phi) is 1.60. The number of ether oxygens (including phenoxy) is 1. The van der Waals surface area contributed by atoms with Crippen molar-refractivity contribution in [2.75, 3.05) is 5.73 Å². The van der Waals surface area contributed by atoms with Gasteiger partial charge in [0.25, 0.3) is 0 Å². The third kappa shape index (κ3) is 1.16. The SMILES string of the molecule is Nc1csc(C2CC3CCC2O3)n1. The third-order valence-electron chi connectivity index (χ3n) is 2.96. The summed E-state index contributed by atoms with van der Waals surface area (Å²) in [6, 6.07) is 0. The Morgan fingerprint density at radius 2 is 2.46 bits per heavy atom. The first-order chi connectivity index (χ1) is 6.33. The molecule has 2 N–H and O–H groups in total. The van der Waals surface area contributed by atoms with Crippen molar-refractivity contribution in [3.63, 3.8) is 0 Å². The third-order valence-corrected chi connectivity index (χ3v) is 3.96. The fraction of sp³-hybridized carbons (Fsp3) is 0.667. The highest BCUT2D eigenvalue weighted by Crippen LogP contribution is 2.45. The molecule has 1 aromatic heterocycles. The molecule has 13 heavy (non-hydrogen) atoms. The van der Waals surface area contributed by atoms with Crippen molar-refractivity contribution >= 4 is 17.2 Å². The van der Waals surface area contributed by atoms with Crippen molar-refractivity contribution in [2.45, 2.75) is 37.4 Å². The number of hydrogen-bond acceptors (Lipinski definition) is 4. The first-order valence-corrected chi connectivity index (χ1v) is 5.57. The lowest BCUT2D eigenvalue weighted by Crippen LogP contribution is -2.13. The Balaban J connectivity index is 1.87. The van der Waals surface area contributed by atoms with Gasteiger partial charge in [-0.3, -0.25) is 0 Å². The van der Waals surface area contributed by atoms with Gasteiger partial charge in [-0.1, -0.05) is 0 Å². The van der Waals surface area contributed by atoms with Crippen LogP contribution in [-0.2, 0) is 4.74 Å². The molecule has 3 atom stereocenters. The van der Waals surface area contributed by atoms with Crippen molar-refractivity contribution in [3.8, 4) is 0 Å². The summed E-state index contributed by atoms with van der Waals surface area (Å²) < 4.78 is 5.77. The lowest BCUT2D eigenvalue weighted by molar-refractivity contribution is 0.101. The van der Waals surface area contributed by atoms with Crippen molar-refractivity contribution in [1.29, 1.82) is 0 Å². The normalized spacial score (nSPS) is 37.1. The highest BCUT2D eigenvalue weighted by atomic mass is 32.1. The molecular weight excluding hydrogens is 184 g/mol. The second kappa shape index (κ2) is 2.69. The fourth-order valence-corrected chi connectivity index (χ4v) is 3.24. The summed E-state index contributed by atoms with van der Waals surface area (Å²) in [7, 11) is 0. The molecule has 3 rings (SSSR count). The van der Waals surface area contributed by atoms with Gasteiger partial charge in [-0.2, -0.15) is 0 Å². The smallest absolute Gasteiger partial charge is 0.134 e. The first kappa shape index (κ1) is 7.76. The summed E-state index contributed by atoms with van der Waals surface area (Å²) in [5.41, 5.74) is 5.60. The van der Waals surface area contributed by atoms with Gasteiger partial charge < -0.3 is 10.5 Å². The van der Waals surface area contributed by atoms with Gasteiger partial charge in [-0.15, -0.1) is 11.3 Å². The lowest BCUT2D eigenvalue weighted by atomic mass is 9.90. The van der Waals surface area contributed by atoms with E-state index in [0.717, 1.165) is 6.42 Å². The van der Waals surface area contributed by atoms with Gasteiger partial charge in [-0.05, 0) is 19.3 Å².